The molecule has 1 aromatic carbocycles. The summed E-state index contributed by atoms with van der Waals surface area (Å²) in [7, 11) is 0. The first-order chi connectivity index (χ1) is 11.0. The van der Waals surface area contributed by atoms with E-state index in [9.17, 15) is 9.59 Å². The summed E-state index contributed by atoms with van der Waals surface area (Å²) >= 11 is 1.59. The van der Waals surface area contributed by atoms with Crippen LogP contribution in [0.5, 0.6) is 0 Å². The number of hydrogen-bond donors (Lipinski definition) is 2. The SMILES string of the molecule is Cc1cc(NC(=O)CCc2nc3ccccc3s2)c(=O)[nH]c1C. The summed E-state index contributed by atoms with van der Waals surface area (Å²) in [6.07, 6.45) is 0.861. The van der Waals surface area contributed by atoms with Crippen LogP contribution in [0.4, 0.5) is 5.69 Å². The second kappa shape index (κ2) is 6.34. The van der Waals surface area contributed by atoms with Crippen molar-refractivity contribution < 1.29 is 4.79 Å². The number of pyridine rings is 1. The number of para-hydroxylation sites is 1. The van der Waals surface area contributed by atoms with Gasteiger partial charge in [0.1, 0.15) is 5.69 Å². The van der Waals surface area contributed by atoms with E-state index in [2.05, 4.69) is 15.3 Å². The van der Waals surface area contributed by atoms with Gasteiger partial charge in [0, 0.05) is 18.5 Å². The molecule has 3 aromatic rings. The Kier molecular flexibility index (Phi) is 4.25. The quantitative estimate of drug-likeness (QED) is 0.773. The van der Waals surface area contributed by atoms with Crippen LogP contribution in [0.1, 0.15) is 22.7 Å². The molecular weight excluding hydrogens is 310 g/mol. The molecule has 0 radical (unpaired) electrons. The lowest BCUT2D eigenvalue weighted by Gasteiger charge is -2.06. The maximum atomic E-state index is 12.1. The van der Waals surface area contributed by atoms with E-state index in [1.165, 1.54) is 0 Å². The molecule has 0 atom stereocenters. The van der Waals surface area contributed by atoms with Crippen molar-refractivity contribution in [2.45, 2.75) is 26.7 Å². The summed E-state index contributed by atoms with van der Waals surface area (Å²) in [5, 5.41) is 3.60. The van der Waals surface area contributed by atoms with Crippen molar-refractivity contribution in [1.82, 2.24) is 9.97 Å². The van der Waals surface area contributed by atoms with Gasteiger partial charge in [0.2, 0.25) is 5.91 Å². The van der Waals surface area contributed by atoms with Crippen molar-refractivity contribution in [2.24, 2.45) is 0 Å². The predicted octanol–water partition coefficient (Wildman–Crippen LogP) is 3.17. The molecule has 0 fully saturated rings. The Morgan fingerprint density at radius 1 is 1.30 bits per heavy atom. The first-order valence-electron chi connectivity index (χ1n) is 7.38. The summed E-state index contributed by atoms with van der Waals surface area (Å²) in [5.74, 6) is -0.182. The van der Waals surface area contributed by atoms with E-state index in [0.717, 1.165) is 26.5 Å². The maximum absolute atomic E-state index is 12.1. The fraction of sp³-hybridized carbons (Fsp3) is 0.235. The van der Waals surface area contributed by atoms with Gasteiger partial charge in [0.15, 0.2) is 0 Å². The van der Waals surface area contributed by atoms with Crippen molar-refractivity contribution >= 4 is 33.1 Å². The van der Waals surface area contributed by atoms with Gasteiger partial charge < -0.3 is 10.3 Å². The summed E-state index contributed by atoms with van der Waals surface area (Å²) in [4.78, 5) is 31.1. The van der Waals surface area contributed by atoms with E-state index in [1.807, 2.05) is 38.1 Å². The maximum Gasteiger partial charge on any atom is 0.271 e. The van der Waals surface area contributed by atoms with Gasteiger partial charge in [0.25, 0.3) is 5.56 Å². The molecule has 0 spiro atoms. The highest BCUT2D eigenvalue weighted by atomic mass is 32.1. The van der Waals surface area contributed by atoms with Crippen LogP contribution in [-0.2, 0) is 11.2 Å². The molecule has 0 saturated heterocycles. The van der Waals surface area contributed by atoms with Crippen LogP contribution in [0.3, 0.4) is 0 Å². The number of thiazole rings is 1. The minimum Gasteiger partial charge on any atom is -0.324 e. The third kappa shape index (κ3) is 3.48. The van der Waals surface area contributed by atoms with Gasteiger partial charge in [0.05, 0.1) is 15.2 Å². The molecule has 6 heteroatoms. The molecule has 0 unspecified atom stereocenters. The highest BCUT2D eigenvalue weighted by Gasteiger charge is 2.10. The van der Waals surface area contributed by atoms with E-state index in [0.29, 0.717) is 18.5 Å². The molecule has 0 aliphatic heterocycles. The van der Waals surface area contributed by atoms with Gasteiger partial charge in [-0.2, -0.15) is 0 Å². The van der Waals surface area contributed by atoms with Crippen LogP contribution in [0, 0.1) is 13.8 Å². The van der Waals surface area contributed by atoms with Crippen molar-refractivity contribution in [3.05, 3.63) is 57.0 Å². The molecule has 0 saturated carbocycles. The van der Waals surface area contributed by atoms with Gasteiger partial charge >= 0.3 is 0 Å². The molecular formula is C17H17N3O2S. The molecule has 3 rings (SSSR count). The fourth-order valence-electron chi connectivity index (χ4n) is 2.28. The van der Waals surface area contributed by atoms with Crippen molar-refractivity contribution in [3.8, 4) is 0 Å². The second-order valence-electron chi connectivity index (χ2n) is 5.44. The number of nitrogens with one attached hydrogen (secondary N) is 2. The number of aromatic nitrogens is 2. The lowest BCUT2D eigenvalue weighted by Crippen LogP contribution is -2.21. The highest BCUT2D eigenvalue weighted by Crippen LogP contribution is 2.22. The number of aryl methyl sites for hydroxylation is 3. The Morgan fingerprint density at radius 2 is 2.09 bits per heavy atom. The Morgan fingerprint density at radius 3 is 2.87 bits per heavy atom. The highest BCUT2D eigenvalue weighted by molar-refractivity contribution is 7.18. The number of aromatic amines is 1. The smallest absolute Gasteiger partial charge is 0.271 e. The molecule has 5 nitrogen and oxygen atoms in total. The van der Waals surface area contributed by atoms with Crippen molar-refractivity contribution in [3.63, 3.8) is 0 Å². The van der Waals surface area contributed by atoms with Crippen LogP contribution in [0.25, 0.3) is 10.2 Å². The van der Waals surface area contributed by atoms with Gasteiger partial charge in [-0.1, -0.05) is 12.1 Å². The Labute approximate surface area is 137 Å². The number of hydrogen-bond acceptors (Lipinski definition) is 4. The average Bonchev–Trinajstić information content (AvgIpc) is 2.93. The van der Waals surface area contributed by atoms with Gasteiger partial charge in [-0.05, 0) is 37.6 Å². The largest absolute Gasteiger partial charge is 0.324 e. The molecule has 23 heavy (non-hydrogen) atoms. The van der Waals surface area contributed by atoms with E-state index < -0.39 is 0 Å². The number of carbonyl (C=O) groups excluding carboxylic acids is 1. The minimum atomic E-state index is -0.276. The molecule has 2 N–H and O–H groups in total. The molecule has 0 aliphatic rings. The summed E-state index contributed by atoms with van der Waals surface area (Å²) in [5.41, 5.74) is 2.72. The Balaban J connectivity index is 1.65. The second-order valence-corrected chi connectivity index (χ2v) is 6.56. The molecule has 0 bridgehead atoms. The van der Waals surface area contributed by atoms with E-state index in [-0.39, 0.29) is 11.5 Å². The number of H-pyrrole nitrogens is 1. The number of carbonyl (C=O) groups is 1. The minimum absolute atomic E-state index is 0.182. The molecule has 1 amide bonds. The van der Waals surface area contributed by atoms with E-state index in [1.54, 1.807) is 17.4 Å². The topological polar surface area (TPSA) is 74.8 Å². The number of benzene rings is 1. The van der Waals surface area contributed by atoms with Crippen LogP contribution >= 0.6 is 11.3 Å². The summed E-state index contributed by atoms with van der Waals surface area (Å²) in [6, 6.07) is 9.60. The number of fused-ring (bicyclic) bond motifs is 1. The standard InChI is InChI=1S/C17H17N3O2S/c1-10-9-13(17(22)18-11(10)2)19-15(21)7-8-16-20-12-5-3-4-6-14(12)23-16/h3-6,9H,7-8H2,1-2H3,(H,18,22)(H,19,21). The van der Waals surface area contributed by atoms with Crippen LogP contribution in [0.2, 0.25) is 0 Å². The molecule has 118 valence electrons. The van der Waals surface area contributed by atoms with E-state index in [4.69, 9.17) is 0 Å². The monoisotopic (exact) mass is 327 g/mol. The predicted molar refractivity (Wildman–Crippen MR) is 93.1 cm³/mol. The van der Waals surface area contributed by atoms with Crippen LogP contribution < -0.4 is 10.9 Å². The lowest BCUT2D eigenvalue weighted by atomic mass is 10.2. The zero-order chi connectivity index (χ0) is 16.4. The van der Waals surface area contributed by atoms with Gasteiger partial charge in [-0.25, -0.2) is 4.98 Å². The zero-order valence-electron chi connectivity index (χ0n) is 13.0. The molecule has 2 aromatic heterocycles. The number of amides is 1. The Bertz CT molecular complexity index is 894. The normalized spacial score (nSPS) is 10.9. The number of anilines is 1. The van der Waals surface area contributed by atoms with Crippen LogP contribution in [-0.4, -0.2) is 15.9 Å². The first-order valence-corrected chi connectivity index (χ1v) is 8.19. The summed E-state index contributed by atoms with van der Waals surface area (Å²) < 4.78 is 1.12. The fourth-order valence-corrected chi connectivity index (χ4v) is 3.25. The average molecular weight is 327 g/mol. The lowest BCUT2D eigenvalue weighted by molar-refractivity contribution is -0.116. The first kappa shape index (κ1) is 15.4. The third-order valence-corrected chi connectivity index (χ3v) is 4.77. The van der Waals surface area contributed by atoms with Crippen molar-refractivity contribution in [1.29, 1.82) is 0 Å². The van der Waals surface area contributed by atoms with Crippen molar-refractivity contribution in [2.75, 3.05) is 5.32 Å². The summed E-state index contributed by atoms with van der Waals surface area (Å²) in [6.45, 7) is 3.72. The number of rotatable bonds is 4. The van der Waals surface area contributed by atoms with E-state index >= 15 is 0 Å². The zero-order valence-corrected chi connectivity index (χ0v) is 13.8. The third-order valence-electron chi connectivity index (χ3n) is 3.68. The molecule has 2 heterocycles. The van der Waals surface area contributed by atoms with Gasteiger partial charge in [-0.15, -0.1) is 11.3 Å². The number of nitrogens with zero attached hydrogens (tertiary/aromatic N) is 1. The van der Waals surface area contributed by atoms with Gasteiger partial charge in [-0.3, -0.25) is 9.59 Å². The Hall–Kier alpha value is -2.47. The van der Waals surface area contributed by atoms with Crippen LogP contribution in [0.15, 0.2) is 35.1 Å². The molecule has 0 aliphatic carbocycles.